The van der Waals surface area contributed by atoms with Crippen LogP contribution in [-0.4, -0.2) is 28.7 Å². The summed E-state index contributed by atoms with van der Waals surface area (Å²) in [5, 5.41) is 3.75. The molecule has 0 aliphatic rings. The Morgan fingerprint density at radius 3 is 2.95 bits per heavy atom. The molecule has 2 rings (SSSR count). The Hall–Kier alpha value is -2.01. The second-order valence-corrected chi connectivity index (χ2v) is 4.64. The average Bonchev–Trinajstić information content (AvgIpc) is 2.97. The van der Waals surface area contributed by atoms with E-state index < -0.39 is 6.04 Å². The fourth-order valence-corrected chi connectivity index (χ4v) is 2.22. The largest absolute Gasteiger partial charge is 0.467 e. The summed E-state index contributed by atoms with van der Waals surface area (Å²) >= 11 is 6.26. The van der Waals surface area contributed by atoms with Gasteiger partial charge in [0.1, 0.15) is 6.04 Å². The average molecular weight is 294 g/mol. The number of carbonyl (C=O) groups is 1. The number of benzene rings is 1. The Kier molecular flexibility index (Phi) is 4.63. The van der Waals surface area contributed by atoms with E-state index in [4.69, 9.17) is 16.3 Å². The van der Waals surface area contributed by atoms with Gasteiger partial charge in [0, 0.05) is 12.4 Å². The number of hydrogen-bond acceptors (Lipinski definition) is 4. The molecule has 0 fully saturated rings. The van der Waals surface area contributed by atoms with E-state index in [1.807, 2.05) is 19.1 Å². The number of nitrogens with one attached hydrogen (secondary N) is 1. The zero-order valence-electron chi connectivity index (χ0n) is 11.3. The van der Waals surface area contributed by atoms with Crippen molar-refractivity contribution in [2.45, 2.75) is 19.4 Å². The molecular formula is C14H16ClN3O2. The van der Waals surface area contributed by atoms with E-state index >= 15 is 0 Å². The number of hydrogen-bond donors (Lipinski definition) is 1. The van der Waals surface area contributed by atoms with Crippen molar-refractivity contribution in [1.29, 1.82) is 0 Å². The molecule has 0 aliphatic heterocycles. The van der Waals surface area contributed by atoms with Crippen LogP contribution in [0, 0.1) is 0 Å². The molecule has 2 aromatic rings. The van der Waals surface area contributed by atoms with Crippen LogP contribution >= 0.6 is 11.6 Å². The molecular weight excluding hydrogens is 278 g/mol. The van der Waals surface area contributed by atoms with Crippen molar-refractivity contribution in [1.82, 2.24) is 9.55 Å². The van der Waals surface area contributed by atoms with Crippen LogP contribution < -0.4 is 5.32 Å². The Morgan fingerprint density at radius 1 is 1.55 bits per heavy atom. The Labute approximate surface area is 122 Å². The summed E-state index contributed by atoms with van der Waals surface area (Å²) in [5.41, 5.74) is 1.52. The molecule has 1 aromatic carbocycles. The van der Waals surface area contributed by atoms with Crippen molar-refractivity contribution < 1.29 is 9.53 Å². The summed E-state index contributed by atoms with van der Waals surface area (Å²) in [6, 6.07) is 5.07. The van der Waals surface area contributed by atoms with Crippen LogP contribution in [0.2, 0.25) is 5.02 Å². The molecule has 5 nitrogen and oxygen atoms in total. The van der Waals surface area contributed by atoms with Gasteiger partial charge in [-0.1, -0.05) is 24.6 Å². The predicted octanol–water partition coefficient (Wildman–Crippen LogP) is 2.89. The predicted molar refractivity (Wildman–Crippen MR) is 78.3 cm³/mol. The monoisotopic (exact) mass is 293 g/mol. The van der Waals surface area contributed by atoms with Crippen molar-refractivity contribution >= 4 is 23.3 Å². The lowest BCUT2D eigenvalue weighted by Gasteiger charge is -2.19. The maximum Gasteiger partial charge on any atom is 0.328 e. The van der Waals surface area contributed by atoms with Crippen LogP contribution in [0.1, 0.15) is 13.3 Å². The van der Waals surface area contributed by atoms with Crippen molar-refractivity contribution in [3.63, 3.8) is 0 Å². The number of imidazole rings is 1. The highest BCUT2D eigenvalue weighted by atomic mass is 35.5. The first-order valence-electron chi connectivity index (χ1n) is 6.28. The van der Waals surface area contributed by atoms with Gasteiger partial charge in [-0.2, -0.15) is 0 Å². The number of methoxy groups -OCH3 is 1. The van der Waals surface area contributed by atoms with Gasteiger partial charge in [0.25, 0.3) is 0 Å². The molecule has 1 aromatic heterocycles. The number of esters is 1. The van der Waals surface area contributed by atoms with Gasteiger partial charge in [0.15, 0.2) is 0 Å². The number of para-hydroxylation sites is 1. The molecule has 0 bridgehead atoms. The van der Waals surface area contributed by atoms with E-state index in [9.17, 15) is 4.79 Å². The lowest BCUT2D eigenvalue weighted by atomic mass is 10.2. The topological polar surface area (TPSA) is 56.2 Å². The normalized spacial score (nSPS) is 11.9. The third-order valence-corrected chi connectivity index (χ3v) is 3.28. The third-order valence-electron chi connectivity index (χ3n) is 2.97. The molecule has 106 valence electrons. The highest BCUT2D eigenvalue weighted by Gasteiger charge is 2.19. The zero-order valence-corrected chi connectivity index (χ0v) is 12.1. The quantitative estimate of drug-likeness (QED) is 0.861. The van der Waals surface area contributed by atoms with E-state index in [-0.39, 0.29) is 5.97 Å². The van der Waals surface area contributed by atoms with Crippen molar-refractivity contribution in [2.24, 2.45) is 0 Å². The maximum atomic E-state index is 11.7. The van der Waals surface area contributed by atoms with Gasteiger partial charge in [-0.25, -0.2) is 9.78 Å². The fraction of sp³-hybridized carbons (Fsp3) is 0.286. The second kappa shape index (κ2) is 6.43. The smallest absolute Gasteiger partial charge is 0.328 e. The van der Waals surface area contributed by atoms with E-state index in [0.29, 0.717) is 11.4 Å². The molecule has 1 unspecified atom stereocenters. The minimum Gasteiger partial charge on any atom is -0.467 e. The molecule has 0 spiro atoms. The number of rotatable bonds is 5. The highest BCUT2D eigenvalue weighted by molar-refractivity contribution is 6.33. The lowest BCUT2D eigenvalue weighted by Crippen LogP contribution is -2.30. The number of ether oxygens (including phenoxy) is 1. The molecule has 1 atom stereocenters. The van der Waals surface area contributed by atoms with E-state index in [2.05, 4.69) is 10.3 Å². The molecule has 0 saturated heterocycles. The summed E-state index contributed by atoms with van der Waals surface area (Å²) in [5.74, 6) is -0.302. The Morgan fingerprint density at radius 2 is 2.35 bits per heavy atom. The zero-order chi connectivity index (χ0) is 14.5. The summed E-state index contributed by atoms with van der Waals surface area (Å²) in [6.45, 7) is 1.91. The summed E-state index contributed by atoms with van der Waals surface area (Å²) in [7, 11) is 1.38. The van der Waals surface area contributed by atoms with Gasteiger partial charge in [-0.3, -0.25) is 0 Å². The molecule has 0 radical (unpaired) electrons. The molecule has 6 heteroatoms. The van der Waals surface area contributed by atoms with Crippen LogP contribution in [0.3, 0.4) is 0 Å². The van der Waals surface area contributed by atoms with Gasteiger partial charge in [-0.15, -0.1) is 0 Å². The number of aromatic nitrogens is 2. The highest BCUT2D eigenvalue weighted by Crippen LogP contribution is 2.29. The molecule has 20 heavy (non-hydrogen) atoms. The molecule has 1 N–H and O–H groups in total. The van der Waals surface area contributed by atoms with Gasteiger partial charge in [0.05, 0.1) is 29.8 Å². The van der Waals surface area contributed by atoms with Gasteiger partial charge >= 0.3 is 5.97 Å². The number of halogens is 1. The molecule has 0 amide bonds. The van der Waals surface area contributed by atoms with Crippen molar-refractivity contribution in [2.75, 3.05) is 12.4 Å². The van der Waals surface area contributed by atoms with Crippen molar-refractivity contribution in [3.8, 4) is 5.69 Å². The SMILES string of the molecule is CCC(Nc1cccc(Cl)c1-n1ccnc1)C(=O)OC. The minimum atomic E-state index is -0.416. The maximum absolute atomic E-state index is 11.7. The van der Waals surface area contributed by atoms with Crippen LogP contribution in [0.5, 0.6) is 0 Å². The first-order valence-corrected chi connectivity index (χ1v) is 6.66. The molecule has 1 heterocycles. The lowest BCUT2D eigenvalue weighted by molar-refractivity contribution is -0.141. The number of carbonyl (C=O) groups excluding carboxylic acids is 1. The Balaban J connectivity index is 2.37. The van der Waals surface area contributed by atoms with Crippen LogP contribution in [0.25, 0.3) is 5.69 Å². The first kappa shape index (κ1) is 14.4. The van der Waals surface area contributed by atoms with Gasteiger partial charge in [-0.05, 0) is 18.6 Å². The van der Waals surface area contributed by atoms with E-state index in [1.54, 1.807) is 29.4 Å². The second-order valence-electron chi connectivity index (χ2n) is 4.23. The molecule has 0 saturated carbocycles. The van der Waals surface area contributed by atoms with Crippen molar-refractivity contribution in [3.05, 3.63) is 41.9 Å². The summed E-state index contributed by atoms with van der Waals surface area (Å²) in [4.78, 5) is 15.7. The summed E-state index contributed by atoms with van der Waals surface area (Å²) < 4.78 is 6.58. The Bertz CT molecular complexity index is 584. The standard InChI is InChI=1S/C14H16ClN3O2/c1-3-11(14(19)20-2)17-12-6-4-5-10(15)13(12)18-8-7-16-9-18/h4-9,11,17H,3H2,1-2H3. The molecule has 0 aliphatic carbocycles. The number of nitrogens with zero attached hydrogens (tertiary/aromatic N) is 2. The van der Waals surface area contributed by atoms with Crippen LogP contribution in [0.4, 0.5) is 5.69 Å². The number of anilines is 1. The van der Waals surface area contributed by atoms with Crippen LogP contribution in [-0.2, 0) is 9.53 Å². The minimum absolute atomic E-state index is 0.302. The fourth-order valence-electron chi connectivity index (χ4n) is 1.94. The van der Waals surface area contributed by atoms with Gasteiger partial charge < -0.3 is 14.6 Å². The third kappa shape index (κ3) is 2.93. The first-order chi connectivity index (χ1) is 9.67. The van der Waals surface area contributed by atoms with Crippen LogP contribution in [0.15, 0.2) is 36.9 Å². The van der Waals surface area contributed by atoms with Gasteiger partial charge in [0.2, 0.25) is 0 Å². The van der Waals surface area contributed by atoms with E-state index in [0.717, 1.165) is 11.4 Å². The summed E-state index contributed by atoms with van der Waals surface area (Å²) in [6.07, 6.45) is 5.74. The van der Waals surface area contributed by atoms with E-state index in [1.165, 1.54) is 7.11 Å².